The Morgan fingerprint density at radius 1 is 0.775 bits per heavy atom. The second-order valence-corrected chi connectivity index (χ2v) is 10.5. The van der Waals surface area contributed by atoms with E-state index in [2.05, 4.69) is 0 Å². The van der Waals surface area contributed by atoms with Gasteiger partial charge in [0.1, 0.15) is 12.3 Å². The van der Waals surface area contributed by atoms with Crippen LogP contribution < -0.4 is 4.74 Å². The fourth-order valence-corrected chi connectivity index (χ4v) is 5.37. The van der Waals surface area contributed by atoms with E-state index in [1.54, 1.807) is 30.3 Å². The molecule has 3 amide bonds. The number of ether oxygens (including phenoxy) is 1. The summed E-state index contributed by atoms with van der Waals surface area (Å²) in [6, 6.07) is 18.5. The average molecular weight is 579 g/mol. The molecular formula is C30H24Cl2N2O6. The van der Waals surface area contributed by atoms with Crippen LogP contribution in [0.1, 0.15) is 56.8 Å². The van der Waals surface area contributed by atoms with Gasteiger partial charge in [-0.15, -0.1) is 0 Å². The smallest absolute Gasteiger partial charge is 0.343 e. The maximum Gasteiger partial charge on any atom is 0.343 e. The molecule has 0 N–H and O–H groups in total. The lowest BCUT2D eigenvalue weighted by molar-refractivity contribution is -0.154. The molecule has 0 aromatic heterocycles. The number of carbonyl (C=O) groups excluding carboxylic acids is 5. The van der Waals surface area contributed by atoms with Crippen LogP contribution in [0.25, 0.3) is 0 Å². The molecule has 1 saturated carbocycles. The van der Waals surface area contributed by atoms with Gasteiger partial charge in [-0.05, 0) is 67.4 Å². The third-order valence-corrected chi connectivity index (χ3v) is 7.89. The molecule has 0 spiro atoms. The van der Waals surface area contributed by atoms with Crippen LogP contribution in [-0.2, 0) is 9.59 Å². The highest BCUT2D eigenvalue weighted by molar-refractivity contribution is 6.42. The van der Waals surface area contributed by atoms with Crippen molar-refractivity contribution in [1.29, 1.82) is 0 Å². The van der Waals surface area contributed by atoms with Crippen molar-refractivity contribution >= 4 is 52.7 Å². The van der Waals surface area contributed by atoms with Gasteiger partial charge in [-0.3, -0.25) is 19.2 Å². The predicted molar refractivity (Wildman–Crippen MR) is 147 cm³/mol. The Kier molecular flexibility index (Phi) is 8.00. The van der Waals surface area contributed by atoms with Crippen LogP contribution in [0.4, 0.5) is 0 Å². The van der Waals surface area contributed by atoms with E-state index in [-0.39, 0.29) is 26.9 Å². The monoisotopic (exact) mass is 578 g/mol. The summed E-state index contributed by atoms with van der Waals surface area (Å²) in [5.41, 5.74) is 0.642. The SMILES string of the molecule is O=C(CN(C(=O)c1ccc(Cl)c(Cl)c1)N1C(=O)[C@H]2CCCC[C@@H]2C1=O)c1ccc(OC(=O)c2ccccc2)cc1. The van der Waals surface area contributed by atoms with Gasteiger partial charge >= 0.3 is 5.97 Å². The maximum absolute atomic E-state index is 13.6. The number of Topliss-reactive ketones (excluding diaryl/α,β-unsaturated/α-hetero) is 1. The number of ketones is 1. The van der Waals surface area contributed by atoms with Crippen LogP contribution >= 0.6 is 23.2 Å². The number of benzene rings is 3. The van der Waals surface area contributed by atoms with Crippen molar-refractivity contribution in [3.63, 3.8) is 0 Å². The molecular weight excluding hydrogens is 555 g/mol. The van der Waals surface area contributed by atoms with Gasteiger partial charge in [-0.1, -0.05) is 54.2 Å². The molecule has 3 aromatic rings. The first-order chi connectivity index (χ1) is 19.2. The van der Waals surface area contributed by atoms with E-state index >= 15 is 0 Å². The first-order valence-corrected chi connectivity index (χ1v) is 13.6. The minimum atomic E-state index is -0.735. The van der Waals surface area contributed by atoms with Gasteiger partial charge in [-0.25, -0.2) is 9.80 Å². The van der Waals surface area contributed by atoms with E-state index in [1.165, 1.54) is 42.5 Å². The average Bonchev–Trinajstić information content (AvgIpc) is 3.23. The molecule has 3 aromatic carbocycles. The van der Waals surface area contributed by atoms with Crippen LogP contribution in [0.2, 0.25) is 10.0 Å². The van der Waals surface area contributed by atoms with Gasteiger partial charge in [-0.2, -0.15) is 5.01 Å². The number of hydrazine groups is 1. The number of fused-ring (bicyclic) bond motifs is 1. The summed E-state index contributed by atoms with van der Waals surface area (Å²) in [5, 5.41) is 2.08. The number of halogens is 2. The predicted octanol–water partition coefficient (Wildman–Crippen LogP) is 5.63. The highest BCUT2D eigenvalue weighted by atomic mass is 35.5. The fourth-order valence-electron chi connectivity index (χ4n) is 5.07. The molecule has 2 aliphatic rings. The Morgan fingerprint density at radius 2 is 1.38 bits per heavy atom. The Balaban J connectivity index is 1.39. The summed E-state index contributed by atoms with van der Waals surface area (Å²) in [4.78, 5) is 66.0. The number of nitrogens with zero attached hydrogens (tertiary/aromatic N) is 2. The highest BCUT2D eigenvalue weighted by Gasteiger charge is 2.51. The van der Waals surface area contributed by atoms with Gasteiger partial charge in [0.05, 0.1) is 27.4 Å². The molecule has 5 rings (SSSR count). The lowest BCUT2D eigenvalue weighted by Crippen LogP contribution is -2.52. The largest absolute Gasteiger partial charge is 0.423 e. The normalized spacial score (nSPS) is 18.3. The zero-order chi connectivity index (χ0) is 28.4. The molecule has 204 valence electrons. The Morgan fingerprint density at radius 3 is 1.98 bits per heavy atom. The first kappa shape index (κ1) is 27.6. The summed E-state index contributed by atoms with van der Waals surface area (Å²) >= 11 is 12.1. The molecule has 1 heterocycles. The molecule has 2 atom stereocenters. The molecule has 0 radical (unpaired) electrons. The summed E-state index contributed by atoms with van der Waals surface area (Å²) in [6.07, 6.45) is 2.74. The minimum absolute atomic E-state index is 0.0702. The maximum atomic E-state index is 13.6. The second-order valence-electron chi connectivity index (χ2n) is 9.68. The standard InChI is InChI=1S/C30H24Cl2N2O6/c31-24-15-12-20(16-25(24)32)27(36)33(34-28(37)22-8-4-5-9-23(22)29(34)38)17-26(35)18-10-13-21(14-11-18)40-30(39)19-6-2-1-3-7-19/h1-3,6-7,10-16,22-23H,4-5,8-9,17H2/t22-,23-/m0/s1. The number of esters is 1. The Hall–Kier alpha value is -4.01. The van der Waals surface area contributed by atoms with E-state index in [9.17, 15) is 24.0 Å². The van der Waals surface area contributed by atoms with Crippen molar-refractivity contribution in [3.8, 4) is 5.75 Å². The van der Waals surface area contributed by atoms with Crippen molar-refractivity contribution < 1.29 is 28.7 Å². The van der Waals surface area contributed by atoms with Crippen molar-refractivity contribution in [1.82, 2.24) is 10.0 Å². The lowest BCUT2D eigenvalue weighted by Gasteiger charge is -2.30. The van der Waals surface area contributed by atoms with E-state index in [4.69, 9.17) is 27.9 Å². The van der Waals surface area contributed by atoms with Crippen molar-refractivity contribution in [2.24, 2.45) is 11.8 Å². The number of amides is 3. The zero-order valence-electron chi connectivity index (χ0n) is 21.2. The molecule has 2 fully saturated rings. The topological polar surface area (TPSA) is 101 Å². The van der Waals surface area contributed by atoms with Gasteiger partial charge in [0.15, 0.2) is 5.78 Å². The molecule has 8 nitrogen and oxygen atoms in total. The van der Waals surface area contributed by atoms with Crippen LogP contribution in [0.3, 0.4) is 0 Å². The molecule has 1 aliphatic heterocycles. The fraction of sp³-hybridized carbons (Fsp3) is 0.233. The summed E-state index contributed by atoms with van der Waals surface area (Å²) in [5.74, 6) is -3.59. The van der Waals surface area contributed by atoms with Crippen molar-refractivity contribution in [2.45, 2.75) is 25.7 Å². The number of hydrogen-bond donors (Lipinski definition) is 0. The molecule has 40 heavy (non-hydrogen) atoms. The number of carbonyl (C=O) groups is 5. The van der Waals surface area contributed by atoms with Crippen molar-refractivity contribution in [3.05, 3.63) is 99.5 Å². The Labute approximate surface area is 240 Å². The number of imide groups is 1. The van der Waals surface area contributed by atoms with Crippen LogP contribution in [0, 0.1) is 11.8 Å². The summed E-state index contributed by atoms with van der Waals surface area (Å²) in [6.45, 7) is -0.570. The minimum Gasteiger partial charge on any atom is -0.423 e. The third kappa shape index (κ3) is 5.50. The van der Waals surface area contributed by atoms with Crippen LogP contribution in [0.15, 0.2) is 72.8 Å². The Bertz CT molecular complexity index is 1470. The second kappa shape index (κ2) is 11.6. The summed E-state index contributed by atoms with van der Waals surface area (Å²) < 4.78 is 5.36. The van der Waals surface area contributed by atoms with Gasteiger partial charge < -0.3 is 4.74 Å². The molecule has 1 saturated heterocycles. The lowest BCUT2D eigenvalue weighted by atomic mass is 9.81. The van der Waals surface area contributed by atoms with Gasteiger partial charge in [0, 0.05) is 11.1 Å². The van der Waals surface area contributed by atoms with E-state index in [0.29, 0.717) is 18.4 Å². The third-order valence-electron chi connectivity index (χ3n) is 7.15. The van der Waals surface area contributed by atoms with E-state index in [1.807, 2.05) is 0 Å². The van der Waals surface area contributed by atoms with Crippen molar-refractivity contribution in [2.75, 3.05) is 6.54 Å². The molecule has 10 heteroatoms. The zero-order valence-corrected chi connectivity index (χ0v) is 22.7. The molecule has 0 unspecified atom stereocenters. The quantitative estimate of drug-likeness (QED) is 0.156. The highest BCUT2D eigenvalue weighted by Crippen LogP contribution is 2.39. The van der Waals surface area contributed by atoms with E-state index < -0.39 is 47.9 Å². The summed E-state index contributed by atoms with van der Waals surface area (Å²) in [7, 11) is 0. The number of rotatable bonds is 7. The van der Waals surface area contributed by atoms with E-state index in [0.717, 1.165) is 22.9 Å². The van der Waals surface area contributed by atoms with Gasteiger partial charge in [0.25, 0.3) is 17.7 Å². The molecule has 0 bridgehead atoms. The van der Waals surface area contributed by atoms with Crippen LogP contribution in [0.5, 0.6) is 5.75 Å². The first-order valence-electron chi connectivity index (χ1n) is 12.8. The van der Waals surface area contributed by atoms with Crippen LogP contribution in [-0.4, -0.2) is 46.0 Å². The van der Waals surface area contributed by atoms with Gasteiger partial charge in [0.2, 0.25) is 0 Å². The number of hydrogen-bond acceptors (Lipinski definition) is 6. The molecule has 1 aliphatic carbocycles.